The third-order valence-corrected chi connectivity index (χ3v) is 4.81. The van der Waals surface area contributed by atoms with E-state index in [-0.39, 0.29) is 0 Å². The van der Waals surface area contributed by atoms with Crippen LogP contribution in [0.2, 0.25) is 0 Å². The van der Waals surface area contributed by atoms with Crippen LogP contribution in [0.25, 0.3) is 16.9 Å². The Morgan fingerprint density at radius 2 is 2.10 bits per heavy atom. The Morgan fingerprint density at radius 3 is 2.86 bits per heavy atom. The van der Waals surface area contributed by atoms with Gasteiger partial charge >= 0.3 is 0 Å². The predicted octanol–water partition coefficient (Wildman–Crippen LogP) is 5.04. The van der Waals surface area contributed by atoms with Crippen LogP contribution in [0.3, 0.4) is 0 Å². The number of fused-ring (bicyclic) bond motifs is 1. The third-order valence-electron chi connectivity index (χ3n) is 3.33. The lowest BCUT2D eigenvalue weighted by atomic mass is 10.2. The molecule has 0 fully saturated rings. The molecule has 0 amide bonds. The Kier molecular flexibility index (Phi) is 4.33. The van der Waals surface area contributed by atoms with Crippen molar-refractivity contribution in [1.82, 2.24) is 14.5 Å². The van der Waals surface area contributed by atoms with Gasteiger partial charge in [-0.25, -0.2) is 9.97 Å². The Bertz CT molecular complexity index is 814. The molecule has 0 spiro atoms. The Labute approximate surface area is 144 Å². The number of benzene rings is 1. The van der Waals surface area contributed by atoms with Crippen molar-refractivity contribution in [1.29, 1.82) is 0 Å². The number of nitrogens with zero attached hydrogens (tertiary/aromatic N) is 3. The number of hydrogen-bond acceptors (Lipinski definition) is 2. The zero-order valence-corrected chi connectivity index (χ0v) is 15.2. The van der Waals surface area contributed by atoms with E-state index in [4.69, 9.17) is 11.6 Å². The maximum atomic E-state index is 5.93. The summed E-state index contributed by atoms with van der Waals surface area (Å²) in [6, 6.07) is 8.09. The molecule has 2 heterocycles. The van der Waals surface area contributed by atoms with Gasteiger partial charge in [0.05, 0.1) is 5.69 Å². The summed E-state index contributed by atoms with van der Waals surface area (Å²) >= 11 is 13.0. The van der Waals surface area contributed by atoms with Gasteiger partial charge in [0.2, 0.25) is 0 Å². The Balaban J connectivity index is 2.33. The monoisotopic (exact) mass is 427 g/mol. The maximum Gasteiger partial charge on any atom is 0.164 e. The maximum absolute atomic E-state index is 5.93. The smallest absolute Gasteiger partial charge is 0.164 e. The minimum atomic E-state index is 0.525. The van der Waals surface area contributed by atoms with Crippen LogP contribution >= 0.6 is 43.5 Å². The zero-order chi connectivity index (χ0) is 15.0. The molecular weight excluding hydrogens is 417 g/mol. The molecule has 0 atom stereocenters. The summed E-state index contributed by atoms with van der Waals surface area (Å²) in [4.78, 5) is 9.21. The lowest BCUT2D eigenvalue weighted by Crippen LogP contribution is -2.05. The summed E-state index contributed by atoms with van der Waals surface area (Å²) in [6.07, 6.45) is 2.49. The minimum Gasteiger partial charge on any atom is -0.280 e. The van der Waals surface area contributed by atoms with Crippen molar-refractivity contribution in [3.63, 3.8) is 0 Å². The molecule has 3 nitrogen and oxygen atoms in total. The van der Waals surface area contributed by atoms with Crippen LogP contribution in [0.4, 0.5) is 0 Å². The molecule has 0 N–H and O–H groups in total. The van der Waals surface area contributed by atoms with Gasteiger partial charge in [-0.1, -0.05) is 22.0 Å². The van der Waals surface area contributed by atoms with Crippen molar-refractivity contribution >= 4 is 54.6 Å². The molecule has 0 aliphatic heterocycles. The van der Waals surface area contributed by atoms with Crippen molar-refractivity contribution in [2.75, 3.05) is 5.88 Å². The predicted molar refractivity (Wildman–Crippen MR) is 93.4 cm³/mol. The summed E-state index contributed by atoms with van der Waals surface area (Å²) in [5.41, 5.74) is 3.93. The van der Waals surface area contributed by atoms with Crippen LogP contribution in [0.1, 0.15) is 11.4 Å². The highest BCUT2D eigenvalue weighted by Crippen LogP contribution is 2.28. The lowest BCUT2D eigenvalue weighted by Gasteiger charge is -2.12. The van der Waals surface area contributed by atoms with E-state index < -0.39 is 0 Å². The number of pyridine rings is 1. The van der Waals surface area contributed by atoms with Gasteiger partial charge in [-0.2, -0.15) is 0 Å². The molecule has 0 aliphatic carbocycles. The molecule has 0 bridgehead atoms. The largest absolute Gasteiger partial charge is 0.280 e. The Morgan fingerprint density at radius 1 is 1.29 bits per heavy atom. The molecule has 3 rings (SSSR count). The van der Waals surface area contributed by atoms with Crippen LogP contribution in [0.15, 0.2) is 39.4 Å². The van der Waals surface area contributed by atoms with Gasteiger partial charge < -0.3 is 0 Å². The lowest BCUT2D eigenvalue weighted by molar-refractivity contribution is 0.899. The van der Waals surface area contributed by atoms with E-state index in [0.717, 1.165) is 37.2 Å². The highest BCUT2D eigenvalue weighted by atomic mass is 79.9. The average Bonchev–Trinajstić information content (AvgIpc) is 2.79. The van der Waals surface area contributed by atoms with Gasteiger partial charge in [0, 0.05) is 27.4 Å². The molecule has 0 saturated carbocycles. The third kappa shape index (κ3) is 2.74. The number of aromatic nitrogens is 3. The fraction of sp³-hybridized carbons (Fsp3) is 0.200. The number of aryl methyl sites for hydroxylation is 1. The fourth-order valence-corrected chi connectivity index (χ4v) is 3.17. The molecule has 108 valence electrons. The molecule has 3 aromatic rings. The Hall–Kier alpha value is -0.910. The first-order chi connectivity index (χ1) is 10.1. The van der Waals surface area contributed by atoms with E-state index in [9.17, 15) is 0 Å². The van der Waals surface area contributed by atoms with Crippen molar-refractivity contribution in [3.8, 4) is 5.69 Å². The highest BCUT2D eigenvalue weighted by Gasteiger charge is 2.15. The van der Waals surface area contributed by atoms with E-state index in [1.165, 1.54) is 0 Å². The number of rotatable bonds is 3. The van der Waals surface area contributed by atoms with Crippen LogP contribution in [0.5, 0.6) is 0 Å². The van der Waals surface area contributed by atoms with Crippen molar-refractivity contribution in [2.24, 2.45) is 0 Å². The van der Waals surface area contributed by atoms with E-state index in [1.807, 2.05) is 18.2 Å². The molecule has 0 aliphatic rings. The van der Waals surface area contributed by atoms with Crippen molar-refractivity contribution < 1.29 is 0 Å². The quantitative estimate of drug-likeness (QED) is 0.547. The van der Waals surface area contributed by atoms with Gasteiger partial charge in [-0.05, 0) is 46.6 Å². The van der Waals surface area contributed by atoms with Gasteiger partial charge in [0.15, 0.2) is 5.65 Å². The fourth-order valence-electron chi connectivity index (χ4n) is 2.33. The van der Waals surface area contributed by atoms with Crippen LogP contribution in [-0.4, -0.2) is 20.4 Å². The van der Waals surface area contributed by atoms with Gasteiger partial charge in [-0.3, -0.25) is 4.57 Å². The van der Waals surface area contributed by atoms with Crippen LogP contribution in [0, 0.1) is 6.92 Å². The summed E-state index contributed by atoms with van der Waals surface area (Å²) in [7, 11) is 0. The first-order valence-electron chi connectivity index (χ1n) is 6.46. The van der Waals surface area contributed by atoms with Crippen LogP contribution in [-0.2, 0) is 6.42 Å². The molecule has 1 aromatic carbocycles. The second-order valence-corrected chi connectivity index (χ2v) is 6.83. The average molecular weight is 430 g/mol. The number of alkyl halides is 1. The number of halogens is 3. The van der Waals surface area contributed by atoms with E-state index in [1.54, 1.807) is 6.20 Å². The SMILES string of the molecule is Cc1c(Br)cccc1-n1c(CCCl)nc2cc(Br)cnc21. The van der Waals surface area contributed by atoms with Gasteiger partial charge in [-0.15, -0.1) is 11.6 Å². The van der Waals surface area contributed by atoms with Crippen LogP contribution < -0.4 is 0 Å². The normalized spacial score (nSPS) is 11.2. The molecule has 0 saturated heterocycles. The van der Waals surface area contributed by atoms with Crippen molar-refractivity contribution in [2.45, 2.75) is 13.3 Å². The zero-order valence-electron chi connectivity index (χ0n) is 11.3. The highest BCUT2D eigenvalue weighted by molar-refractivity contribution is 9.10. The summed E-state index contributed by atoms with van der Waals surface area (Å²) < 4.78 is 4.07. The molecule has 0 unspecified atom stereocenters. The molecule has 0 radical (unpaired) electrons. The van der Waals surface area contributed by atoms with Crippen molar-refractivity contribution in [3.05, 3.63) is 50.8 Å². The summed E-state index contributed by atoms with van der Waals surface area (Å²) in [5.74, 6) is 1.45. The van der Waals surface area contributed by atoms with Gasteiger partial charge in [0.25, 0.3) is 0 Å². The first-order valence-corrected chi connectivity index (χ1v) is 8.58. The second-order valence-electron chi connectivity index (χ2n) is 4.68. The number of hydrogen-bond donors (Lipinski definition) is 0. The van der Waals surface area contributed by atoms with E-state index in [0.29, 0.717) is 12.3 Å². The second kappa shape index (κ2) is 6.07. The topological polar surface area (TPSA) is 30.7 Å². The minimum absolute atomic E-state index is 0.525. The van der Waals surface area contributed by atoms with E-state index >= 15 is 0 Å². The van der Waals surface area contributed by atoms with E-state index in [2.05, 4.69) is 59.4 Å². The van der Waals surface area contributed by atoms with Gasteiger partial charge in [0.1, 0.15) is 11.3 Å². The molecule has 21 heavy (non-hydrogen) atoms. The summed E-state index contributed by atoms with van der Waals surface area (Å²) in [5, 5.41) is 0. The number of imidazole rings is 1. The molecular formula is C15H12Br2ClN3. The molecule has 2 aromatic heterocycles. The summed E-state index contributed by atoms with van der Waals surface area (Å²) in [6.45, 7) is 2.08. The molecule has 6 heteroatoms. The first kappa shape index (κ1) is 15.0. The standard InChI is InChI=1S/C15H12Br2ClN3/c1-9-11(17)3-2-4-13(9)21-14(5-6-18)20-12-7-10(16)8-19-15(12)21/h2-4,7-8H,5-6H2,1H3.